The second kappa shape index (κ2) is 5.65. The molecule has 0 bridgehead atoms. The molecule has 0 spiro atoms. The van der Waals surface area contributed by atoms with Gasteiger partial charge in [-0.25, -0.2) is 4.39 Å². The van der Waals surface area contributed by atoms with Crippen molar-refractivity contribution in [2.45, 2.75) is 26.8 Å². The first-order chi connectivity index (χ1) is 9.08. The van der Waals surface area contributed by atoms with Gasteiger partial charge in [0.2, 0.25) is 5.91 Å². The van der Waals surface area contributed by atoms with Crippen LogP contribution in [0.15, 0.2) is 24.3 Å². The third-order valence-corrected chi connectivity index (χ3v) is 3.05. The molecule has 0 fully saturated rings. The molecule has 1 aromatic carbocycles. The van der Waals surface area contributed by atoms with E-state index in [9.17, 15) is 9.18 Å². The van der Waals surface area contributed by atoms with Gasteiger partial charge in [0.15, 0.2) is 0 Å². The van der Waals surface area contributed by atoms with E-state index in [1.807, 2.05) is 13.8 Å². The fourth-order valence-corrected chi connectivity index (χ4v) is 1.90. The second-order valence-corrected chi connectivity index (χ2v) is 4.46. The van der Waals surface area contributed by atoms with Crippen molar-refractivity contribution in [3.05, 3.63) is 52.6 Å². The van der Waals surface area contributed by atoms with Crippen LogP contribution < -0.4 is 5.32 Å². The molecule has 0 radical (unpaired) electrons. The van der Waals surface area contributed by atoms with Crippen LogP contribution in [-0.2, 0) is 17.8 Å². The summed E-state index contributed by atoms with van der Waals surface area (Å²) in [7, 11) is 0. The average molecular weight is 261 g/mol. The Morgan fingerprint density at radius 1 is 1.37 bits per heavy atom. The molecule has 0 aliphatic rings. The molecule has 2 aromatic rings. The second-order valence-electron chi connectivity index (χ2n) is 4.46. The molecule has 0 aliphatic carbocycles. The molecule has 2 N–H and O–H groups in total. The number of carbonyl (C=O) groups is 1. The number of H-pyrrole nitrogens is 1. The van der Waals surface area contributed by atoms with Gasteiger partial charge >= 0.3 is 0 Å². The highest BCUT2D eigenvalue weighted by atomic mass is 19.1. The average Bonchev–Trinajstić information content (AvgIpc) is 2.70. The predicted molar refractivity (Wildman–Crippen MR) is 70.0 cm³/mol. The predicted octanol–water partition coefficient (Wildman–Crippen LogP) is 2.02. The van der Waals surface area contributed by atoms with E-state index in [4.69, 9.17) is 0 Å². The highest BCUT2D eigenvalue weighted by molar-refractivity contribution is 5.78. The fraction of sp³-hybridized carbons (Fsp3) is 0.286. The molecule has 0 aliphatic heterocycles. The lowest BCUT2D eigenvalue weighted by molar-refractivity contribution is -0.120. The molecule has 1 aromatic heterocycles. The number of hydrogen-bond donors (Lipinski definition) is 2. The third kappa shape index (κ3) is 3.19. The topological polar surface area (TPSA) is 57.8 Å². The zero-order chi connectivity index (χ0) is 13.8. The van der Waals surface area contributed by atoms with Gasteiger partial charge in [-0.1, -0.05) is 18.2 Å². The molecule has 1 amide bonds. The number of benzene rings is 1. The minimum atomic E-state index is -0.353. The minimum absolute atomic E-state index is 0.0443. The summed E-state index contributed by atoms with van der Waals surface area (Å²) in [6.45, 7) is 4.18. The monoisotopic (exact) mass is 261 g/mol. The van der Waals surface area contributed by atoms with Gasteiger partial charge in [0, 0.05) is 17.8 Å². The summed E-state index contributed by atoms with van der Waals surface area (Å²) in [6, 6.07) is 6.29. The summed E-state index contributed by atoms with van der Waals surface area (Å²) in [5.74, 6) is -0.557. The molecule has 1 heterocycles. The van der Waals surface area contributed by atoms with Crippen molar-refractivity contribution < 1.29 is 9.18 Å². The van der Waals surface area contributed by atoms with E-state index >= 15 is 0 Å². The van der Waals surface area contributed by atoms with Crippen LogP contribution in [0.5, 0.6) is 0 Å². The molecule has 0 saturated carbocycles. The zero-order valence-corrected chi connectivity index (χ0v) is 11.0. The molecular formula is C14H16FN3O. The third-order valence-electron chi connectivity index (χ3n) is 3.05. The number of carbonyl (C=O) groups excluding carboxylic acids is 1. The van der Waals surface area contributed by atoms with Crippen LogP contribution in [0, 0.1) is 19.7 Å². The standard InChI is InChI=1S/C14H16FN3O/c1-9-12(10(2)18-17-9)8-16-14(19)7-11-5-3-4-6-13(11)15/h3-6H,7-8H2,1-2H3,(H,16,19)(H,17,18). The van der Waals surface area contributed by atoms with Gasteiger partial charge in [0.1, 0.15) is 5.82 Å². The lowest BCUT2D eigenvalue weighted by atomic mass is 10.1. The van der Waals surface area contributed by atoms with Crippen molar-refractivity contribution >= 4 is 5.91 Å². The number of aromatic nitrogens is 2. The minimum Gasteiger partial charge on any atom is -0.352 e. The normalized spacial score (nSPS) is 10.5. The van der Waals surface area contributed by atoms with Crippen LogP contribution in [0.4, 0.5) is 4.39 Å². The number of nitrogens with one attached hydrogen (secondary N) is 2. The first-order valence-electron chi connectivity index (χ1n) is 6.08. The molecule has 4 nitrogen and oxygen atoms in total. The number of halogens is 1. The molecule has 0 unspecified atom stereocenters. The Labute approximate surface area is 111 Å². The first-order valence-corrected chi connectivity index (χ1v) is 6.08. The molecule has 0 saturated heterocycles. The zero-order valence-electron chi connectivity index (χ0n) is 11.0. The van der Waals surface area contributed by atoms with E-state index in [-0.39, 0.29) is 18.1 Å². The molecule has 5 heteroatoms. The van der Waals surface area contributed by atoms with E-state index in [2.05, 4.69) is 15.5 Å². The van der Waals surface area contributed by atoms with Gasteiger partial charge in [-0.15, -0.1) is 0 Å². The molecule has 0 atom stereocenters. The maximum absolute atomic E-state index is 13.4. The van der Waals surface area contributed by atoms with Crippen molar-refractivity contribution in [1.29, 1.82) is 0 Å². The van der Waals surface area contributed by atoms with E-state index in [1.165, 1.54) is 6.07 Å². The highest BCUT2D eigenvalue weighted by Gasteiger charge is 2.10. The highest BCUT2D eigenvalue weighted by Crippen LogP contribution is 2.10. The van der Waals surface area contributed by atoms with Crippen molar-refractivity contribution in [2.24, 2.45) is 0 Å². The van der Waals surface area contributed by atoms with E-state index in [0.29, 0.717) is 12.1 Å². The van der Waals surface area contributed by atoms with Crippen molar-refractivity contribution in [3.8, 4) is 0 Å². The largest absolute Gasteiger partial charge is 0.352 e. The Morgan fingerprint density at radius 2 is 2.11 bits per heavy atom. The van der Waals surface area contributed by atoms with Gasteiger partial charge in [-0.3, -0.25) is 9.89 Å². The van der Waals surface area contributed by atoms with Crippen LogP contribution >= 0.6 is 0 Å². The van der Waals surface area contributed by atoms with E-state index in [1.54, 1.807) is 18.2 Å². The number of rotatable bonds is 4. The number of amides is 1. The van der Waals surface area contributed by atoms with Gasteiger partial charge < -0.3 is 5.32 Å². The van der Waals surface area contributed by atoms with Gasteiger partial charge in [-0.05, 0) is 25.5 Å². The van der Waals surface area contributed by atoms with Gasteiger partial charge in [-0.2, -0.15) is 5.10 Å². The van der Waals surface area contributed by atoms with Crippen molar-refractivity contribution in [3.63, 3.8) is 0 Å². The quantitative estimate of drug-likeness (QED) is 0.884. The van der Waals surface area contributed by atoms with Gasteiger partial charge in [0.25, 0.3) is 0 Å². The summed E-state index contributed by atoms with van der Waals surface area (Å²) in [5, 5.41) is 9.69. The van der Waals surface area contributed by atoms with E-state index < -0.39 is 0 Å². The molecule has 100 valence electrons. The number of aromatic amines is 1. The lowest BCUT2D eigenvalue weighted by Gasteiger charge is -2.06. The number of hydrogen-bond acceptors (Lipinski definition) is 2. The van der Waals surface area contributed by atoms with E-state index in [0.717, 1.165) is 17.0 Å². The Morgan fingerprint density at radius 3 is 2.74 bits per heavy atom. The fourth-order valence-electron chi connectivity index (χ4n) is 1.90. The maximum Gasteiger partial charge on any atom is 0.224 e. The SMILES string of the molecule is Cc1n[nH]c(C)c1CNC(=O)Cc1ccccc1F. The summed E-state index contributed by atoms with van der Waals surface area (Å²) in [6.07, 6.45) is 0.0443. The number of aryl methyl sites for hydroxylation is 2. The smallest absolute Gasteiger partial charge is 0.224 e. The number of nitrogens with zero attached hydrogens (tertiary/aromatic N) is 1. The lowest BCUT2D eigenvalue weighted by Crippen LogP contribution is -2.25. The molecule has 2 rings (SSSR count). The van der Waals surface area contributed by atoms with Crippen LogP contribution in [0.2, 0.25) is 0 Å². The van der Waals surface area contributed by atoms with Crippen LogP contribution in [0.3, 0.4) is 0 Å². The summed E-state index contributed by atoms with van der Waals surface area (Å²) >= 11 is 0. The summed E-state index contributed by atoms with van der Waals surface area (Å²) < 4.78 is 13.4. The van der Waals surface area contributed by atoms with Crippen LogP contribution in [0.25, 0.3) is 0 Å². The van der Waals surface area contributed by atoms with Crippen LogP contribution in [0.1, 0.15) is 22.5 Å². The summed E-state index contributed by atoms with van der Waals surface area (Å²) in [5.41, 5.74) is 3.18. The van der Waals surface area contributed by atoms with Crippen molar-refractivity contribution in [2.75, 3.05) is 0 Å². The molecular weight excluding hydrogens is 245 g/mol. The summed E-state index contributed by atoms with van der Waals surface area (Å²) in [4.78, 5) is 11.8. The first kappa shape index (κ1) is 13.3. The van der Waals surface area contributed by atoms with Crippen molar-refractivity contribution in [1.82, 2.24) is 15.5 Å². The Kier molecular flexibility index (Phi) is 3.94. The van der Waals surface area contributed by atoms with Crippen LogP contribution in [-0.4, -0.2) is 16.1 Å². The van der Waals surface area contributed by atoms with Gasteiger partial charge in [0.05, 0.1) is 12.1 Å². The maximum atomic E-state index is 13.4. The molecule has 19 heavy (non-hydrogen) atoms. The Bertz CT molecular complexity index is 573. The Hall–Kier alpha value is -2.17. The Balaban J connectivity index is 1.94.